The van der Waals surface area contributed by atoms with E-state index in [2.05, 4.69) is 20.4 Å². The van der Waals surface area contributed by atoms with Crippen LogP contribution in [-0.2, 0) is 17.9 Å². The number of carboxylic acid groups (broad SMARTS) is 1. The van der Waals surface area contributed by atoms with E-state index < -0.39 is 11.7 Å². The molecule has 16 heteroatoms. The van der Waals surface area contributed by atoms with Crippen LogP contribution in [0.3, 0.4) is 0 Å². The Bertz CT molecular complexity index is 2180. The lowest BCUT2D eigenvalue weighted by Crippen LogP contribution is -2.47. The van der Waals surface area contributed by atoms with Crippen LogP contribution in [0, 0.1) is 0 Å². The molecule has 5 heterocycles. The van der Waals surface area contributed by atoms with Crippen molar-refractivity contribution < 1.29 is 29.3 Å². The lowest BCUT2D eigenvalue weighted by molar-refractivity contribution is -0.130. The van der Waals surface area contributed by atoms with Crippen LogP contribution < -0.4 is 14.8 Å². The van der Waals surface area contributed by atoms with Gasteiger partial charge in [-0.1, -0.05) is 41.4 Å². The molecule has 0 saturated carbocycles. The number of benzene rings is 1. The quantitative estimate of drug-likeness (QED) is 0.132. The van der Waals surface area contributed by atoms with E-state index in [0.717, 1.165) is 0 Å². The molecule has 54 heavy (non-hydrogen) atoms. The third-order valence-corrected chi connectivity index (χ3v) is 10.1. The number of piperidine rings is 1. The van der Waals surface area contributed by atoms with Gasteiger partial charge in [-0.05, 0) is 51.0 Å². The van der Waals surface area contributed by atoms with E-state index in [9.17, 15) is 19.8 Å². The van der Waals surface area contributed by atoms with Gasteiger partial charge in [0.1, 0.15) is 0 Å². The van der Waals surface area contributed by atoms with Crippen LogP contribution in [0.5, 0.6) is 11.6 Å². The number of rotatable bonds is 12. The fourth-order valence-corrected chi connectivity index (χ4v) is 7.22. The van der Waals surface area contributed by atoms with Gasteiger partial charge in [-0.15, -0.1) is 5.10 Å². The number of carbonyl (C=O) groups is 2. The monoisotopic (exact) mass is 776 g/mol. The Kier molecular flexibility index (Phi) is 11.6. The minimum absolute atomic E-state index is 0.0140. The van der Waals surface area contributed by atoms with Crippen LogP contribution in [0.1, 0.15) is 45.0 Å². The molecular weight excluding hydrogens is 735 g/mol. The van der Waals surface area contributed by atoms with Gasteiger partial charge in [-0.25, -0.2) is 19.3 Å². The van der Waals surface area contributed by atoms with Crippen molar-refractivity contribution in [1.82, 2.24) is 39.7 Å². The predicted molar refractivity (Wildman–Crippen MR) is 205 cm³/mol. The molecule has 284 valence electrons. The average molecular weight is 778 g/mol. The molecular formula is C38H42Cl2N8O6. The number of likely N-dealkylation sites (tertiary alicyclic amines) is 1. The summed E-state index contributed by atoms with van der Waals surface area (Å²) in [6.07, 6.45) is 3.48. The highest BCUT2D eigenvalue weighted by Crippen LogP contribution is 2.42. The number of methoxy groups -OCH3 is 2. The van der Waals surface area contributed by atoms with E-state index in [1.165, 1.54) is 18.9 Å². The standard InChI is InChI=1S/C38H42Cl2N8O6/c1-22(49)46-15-12-25(13-16-46)47(37(50)51)19-23-9-10-29(43-36(23)54-5)28-8-6-7-26(32(28)39)27-11-14-42-34(33(27)40)24-17-30(53-4)35-44-31(45-48(35)20-24)18-41-21-38(2,3)52/h6-11,14,17,20,25,41,52H,12-13,15-16,18-19,21H2,1-5H3,(H,50,51). The lowest BCUT2D eigenvalue weighted by atomic mass is 9.99. The predicted octanol–water partition coefficient (Wildman–Crippen LogP) is 6.20. The van der Waals surface area contributed by atoms with Crippen LogP contribution in [0.2, 0.25) is 10.0 Å². The van der Waals surface area contributed by atoms with Gasteiger partial charge in [0.05, 0.1) is 54.3 Å². The molecule has 1 aliphatic rings. The van der Waals surface area contributed by atoms with Gasteiger partial charge in [-0.2, -0.15) is 0 Å². The van der Waals surface area contributed by atoms with E-state index in [-0.39, 0.29) is 24.4 Å². The molecule has 0 aliphatic carbocycles. The summed E-state index contributed by atoms with van der Waals surface area (Å²) >= 11 is 14.2. The molecule has 6 rings (SSSR count). The summed E-state index contributed by atoms with van der Waals surface area (Å²) in [4.78, 5) is 41.2. The Hall–Kier alpha value is -5.02. The molecule has 14 nitrogen and oxygen atoms in total. The third kappa shape index (κ3) is 8.36. The van der Waals surface area contributed by atoms with Crippen molar-refractivity contribution >= 4 is 40.8 Å². The SMILES string of the molecule is COc1nc(-c2cccc(-c3ccnc(-c4cc(OC)c5nc(CNCC(C)(C)O)nn5c4)c3Cl)c2Cl)ccc1CN(C(=O)O)C1CCN(C(C)=O)CC1. The fraction of sp³-hybridized carbons (Fsp3) is 0.368. The van der Waals surface area contributed by atoms with Crippen LogP contribution in [0.15, 0.2) is 54.9 Å². The second kappa shape index (κ2) is 16.1. The van der Waals surface area contributed by atoms with E-state index in [4.69, 9.17) is 37.7 Å². The number of ether oxygens (including phenoxy) is 2. The van der Waals surface area contributed by atoms with Crippen LogP contribution in [-0.4, -0.2) is 102 Å². The molecule has 0 radical (unpaired) electrons. The zero-order chi connectivity index (χ0) is 38.7. The molecule has 1 fully saturated rings. The summed E-state index contributed by atoms with van der Waals surface area (Å²) in [5.41, 5.74) is 3.79. The number of hydrogen-bond acceptors (Lipinski definition) is 10. The fourth-order valence-electron chi connectivity index (χ4n) is 6.57. The van der Waals surface area contributed by atoms with Crippen molar-refractivity contribution in [3.63, 3.8) is 0 Å². The molecule has 3 N–H and O–H groups in total. The number of nitrogens with one attached hydrogen (secondary N) is 1. The maximum absolute atomic E-state index is 12.3. The summed E-state index contributed by atoms with van der Waals surface area (Å²) < 4.78 is 12.9. The van der Waals surface area contributed by atoms with E-state index >= 15 is 0 Å². The molecule has 0 unspecified atom stereocenters. The number of halogens is 2. The molecule has 0 spiro atoms. The Morgan fingerprint density at radius 1 is 1.02 bits per heavy atom. The van der Waals surface area contributed by atoms with Crippen molar-refractivity contribution in [2.24, 2.45) is 0 Å². The first kappa shape index (κ1) is 38.7. The van der Waals surface area contributed by atoms with Crippen LogP contribution >= 0.6 is 23.2 Å². The summed E-state index contributed by atoms with van der Waals surface area (Å²) in [6.45, 7) is 6.76. The number of nitrogens with zero attached hydrogens (tertiary/aromatic N) is 7. The lowest BCUT2D eigenvalue weighted by Gasteiger charge is -2.37. The first-order valence-electron chi connectivity index (χ1n) is 17.4. The van der Waals surface area contributed by atoms with Gasteiger partial charge in [0.25, 0.3) is 0 Å². The van der Waals surface area contributed by atoms with Crippen LogP contribution in [0.25, 0.3) is 39.3 Å². The van der Waals surface area contributed by atoms with Crippen molar-refractivity contribution in [2.75, 3.05) is 33.9 Å². The van der Waals surface area contributed by atoms with Crippen LogP contribution in [0.4, 0.5) is 4.79 Å². The topological polar surface area (TPSA) is 168 Å². The average Bonchev–Trinajstić information content (AvgIpc) is 3.56. The van der Waals surface area contributed by atoms with Crippen molar-refractivity contribution in [2.45, 2.75) is 58.3 Å². The van der Waals surface area contributed by atoms with Gasteiger partial charge < -0.3 is 34.8 Å². The molecule has 1 aromatic carbocycles. The number of pyridine rings is 3. The normalized spacial score (nSPS) is 13.7. The van der Waals surface area contributed by atoms with Crippen molar-refractivity contribution in [3.05, 3.63) is 76.3 Å². The number of amides is 2. The smallest absolute Gasteiger partial charge is 0.407 e. The zero-order valence-corrected chi connectivity index (χ0v) is 32.1. The van der Waals surface area contributed by atoms with Gasteiger partial charge in [0.2, 0.25) is 11.8 Å². The van der Waals surface area contributed by atoms with Gasteiger partial charge in [-0.3, -0.25) is 9.78 Å². The molecule has 4 aromatic heterocycles. The number of fused-ring (bicyclic) bond motifs is 1. The highest BCUT2D eigenvalue weighted by atomic mass is 35.5. The maximum atomic E-state index is 12.3. The Morgan fingerprint density at radius 2 is 1.74 bits per heavy atom. The molecule has 2 amide bonds. The van der Waals surface area contributed by atoms with Gasteiger partial charge in [0, 0.05) is 72.8 Å². The Labute approximate surface area is 322 Å². The minimum atomic E-state index is -1.05. The summed E-state index contributed by atoms with van der Waals surface area (Å²) in [5.74, 6) is 1.26. The number of aliphatic hydroxyl groups is 1. The molecule has 1 saturated heterocycles. The zero-order valence-electron chi connectivity index (χ0n) is 30.6. The molecule has 0 atom stereocenters. The van der Waals surface area contributed by atoms with Crippen molar-refractivity contribution in [3.8, 4) is 45.3 Å². The number of hydrogen-bond donors (Lipinski definition) is 3. The van der Waals surface area contributed by atoms with Crippen molar-refractivity contribution in [1.29, 1.82) is 0 Å². The first-order valence-corrected chi connectivity index (χ1v) is 18.1. The summed E-state index contributed by atoms with van der Waals surface area (Å²) in [7, 11) is 3.04. The van der Waals surface area contributed by atoms with E-state index in [1.54, 1.807) is 67.0 Å². The largest absolute Gasteiger partial charge is 0.493 e. The summed E-state index contributed by atoms with van der Waals surface area (Å²) in [5, 5.41) is 28.7. The summed E-state index contributed by atoms with van der Waals surface area (Å²) in [6, 6.07) is 12.5. The van der Waals surface area contributed by atoms with E-state index in [0.29, 0.717) is 105 Å². The van der Waals surface area contributed by atoms with Gasteiger partial charge >= 0.3 is 6.09 Å². The highest BCUT2D eigenvalue weighted by molar-refractivity contribution is 6.39. The minimum Gasteiger partial charge on any atom is -0.493 e. The molecule has 0 bridgehead atoms. The first-order chi connectivity index (χ1) is 25.8. The highest BCUT2D eigenvalue weighted by Gasteiger charge is 2.30. The molecule has 1 aliphatic heterocycles. The Balaban J connectivity index is 1.28. The molecule has 5 aromatic rings. The second-order valence-electron chi connectivity index (χ2n) is 13.7. The number of aromatic nitrogens is 5. The van der Waals surface area contributed by atoms with E-state index in [1.807, 2.05) is 18.2 Å². The maximum Gasteiger partial charge on any atom is 0.407 e. The second-order valence-corrected chi connectivity index (χ2v) is 14.5. The third-order valence-electron chi connectivity index (χ3n) is 9.30. The number of carbonyl (C=O) groups excluding carboxylic acids is 1. The van der Waals surface area contributed by atoms with Gasteiger partial charge in [0.15, 0.2) is 17.2 Å². The Morgan fingerprint density at radius 3 is 2.41 bits per heavy atom.